The maximum absolute atomic E-state index is 15.7. The average Bonchev–Trinajstić information content (AvgIpc) is 1.29. The van der Waals surface area contributed by atoms with Crippen LogP contribution in [0.2, 0.25) is 0 Å². The van der Waals surface area contributed by atoms with Gasteiger partial charge in [-0.25, -0.2) is 17.6 Å². The zero-order chi connectivity index (χ0) is 80.4. The summed E-state index contributed by atoms with van der Waals surface area (Å²) in [6, 6.07) is -11.4. The normalized spacial score (nSPS) is 30.9. The van der Waals surface area contributed by atoms with Gasteiger partial charge in [-0.3, -0.25) is 57.5 Å². The van der Waals surface area contributed by atoms with Crippen molar-refractivity contribution in [2.24, 2.45) is 40.9 Å². The number of ether oxygens (including phenoxy) is 1. The van der Waals surface area contributed by atoms with Crippen LogP contribution in [0.5, 0.6) is 0 Å². The lowest BCUT2D eigenvalue weighted by atomic mass is 9.58. The van der Waals surface area contributed by atoms with Gasteiger partial charge in [0.2, 0.25) is 76.8 Å². The molecule has 0 aromatic rings. The van der Waals surface area contributed by atoms with Gasteiger partial charge in [-0.2, -0.15) is 13.2 Å². The molecule has 3 aliphatic carbocycles. The molecule has 0 aromatic heterocycles. The smallest absolute Gasteiger partial charge is 0.377 e. The number of amides is 12. The molecule has 25 nitrogen and oxygen atoms in total. The van der Waals surface area contributed by atoms with Crippen LogP contribution in [-0.4, -0.2) is 289 Å². The lowest BCUT2D eigenvalue weighted by molar-refractivity contribution is -0.219. The lowest BCUT2D eigenvalue weighted by Gasteiger charge is -2.54. The summed E-state index contributed by atoms with van der Waals surface area (Å²) in [6.45, 7) is 14.0. The van der Waals surface area contributed by atoms with Crippen LogP contribution in [0.1, 0.15) is 178 Å². The first-order chi connectivity index (χ1) is 49.8. The Morgan fingerprint density at radius 1 is 0.664 bits per heavy atom. The Kier molecular flexibility index (Phi) is 30.7. The number of nitrogens with zero attached hydrogens (tertiary/aromatic N) is 9. The quantitative estimate of drug-likeness (QED) is 0.127. The van der Waals surface area contributed by atoms with Gasteiger partial charge in [0.1, 0.15) is 72.1 Å². The fourth-order valence-electron chi connectivity index (χ4n) is 17.0. The summed E-state index contributed by atoms with van der Waals surface area (Å²) in [5.41, 5.74) is -2.38. The highest BCUT2D eigenvalue weighted by Crippen LogP contribution is 2.50. The van der Waals surface area contributed by atoms with Crippen molar-refractivity contribution in [1.82, 2.24) is 60.0 Å². The Morgan fingerprint density at radius 2 is 1.26 bits per heavy atom. The summed E-state index contributed by atoms with van der Waals surface area (Å²) < 4.78 is 109. The van der Waals surface area contributed by atoms with Crippen molar-refractivity contribution >= 4 is 70.9 Å². The molecule has 3 saturated carbocycles. The van der Waals surface area contributed by atoms with E-state index < -0.39 is 248 Å². The van der Waals surface area contributed by atoms with Crippen LogP contribution in [0.4, 0.5) is 30.7 Å². The van der Waals surface area contributed by atoms with Crippen LogP contribution >= 0.6 is 0 Å². The summed E-state index contributed by atoms with van der Waals surface area (Å²) in [7, 11) is 10.8. The van der Waals surface area contributed by atoms with E-state index in [0.29, 0.717) is 19.3 Å². The molecule has 12 amide bonds. The van der Waals surface area contributed by atoms with Gasteiger partial charge in [0.25, 0.3) is 0 Å². The van der Waals surface area contributed by atoms with Crippen molar-refractivity contribution in [2.75, 3.05) is 89.2 Å². The first-order valence-electron chi connectivity index (χ1n) is 38.1. The molecule has 0 radical (unpaired) electrons. The molecule has 1 spiro atoms. The number of nitrogens with one attached hydrogen (secondary N) is 3. The van der Waals surface area contributed by atoms with Crippen molar-refractivity contribution in [2.45, 2.75) is 262 Å². The predicted molar refractivity (Wildman–Crippen MR) is 383 cm³/mol. The zero-order valence-electron chi connectivity index (χ0n) is 65.7. The summed E-state index contributed by atoms with van der Waals surface area (Å²) in [6.07, 6.45) is -11.4. The number of fused-ring (bicyclic) bond motifs is 3. The van der Waals surface area contributed by atoms with Crippen LogP contribution in [0.15, 0.2) is 12.2 Å². The Morgan fingerprint density at radius 3 is 1.80 bits per heavy atom. The molecule has 32 heteroatoms. The van der Waals surface area contributed by atoms with Gasteiger partial charge in [0.15, 0.2) is 0 Å². The maximum Gasteiger partial charge on any atom is 0.397 e. The summed E-state index contributed by atoms with van der Waals surface area (Å²) in [5.74, 6) is -18.9. The van der Waals surface area contributed by atoms with Gasteiger partial charge in [-0.1, -0.05) is 86.8 Å². The van der Waals surface area contributed by atoms with Crippen LogP contribution in [0.3, 0.4) is 0 Å². The molecule has 0 aromatic carbocycles. The van der Waals surface area contributed by atoms with Crippen LogP contribution in [-0.2, 0) is 62.3 Å². The van der Waals surface area contributed by atoms with Crippen molar-refractivity contribution in [3.63, 3.8) is 0 Å². The van der Waals surface area contributed by atoms with Gasteiger partial charge in [-0.15, -0.1) is 0 Å². The Hall–Kier alpha value is -7.15. The minimum absolute atomic E-state index is 0.00459. The number of carbonyl (C=O) groups excluding carboxylic acids is 12. The van der Waals surface area contributed by atoms with Crippen molar-refractivity contribution < 1.29 is 93.0 Å². The van der Waals surface area contributed by atoms with E-state index in [9.17, 15) is 50.7 Å². The lowest BCUT2D eigenvalue weighted by Crippen LogP contribution is -2.71. The topological polar surface area (TPSA) is 279 Å². The highest BCUT2D eigenvalue weighted by molar-refractivity contribution is 6.01. The highest BCUT2D eigenvalue weighted by atomic mass is 19.4. The number of likely N-dealkylation sites (N-methyl/N-ethyl adjacent to an activating group) is 7. The average molecular weight is 1530 g/mol. The second-order valence-corrected chi connectivity index (χ2v) is 32.4. The fourth-order valence-corrected chi connectivity index (χ4v) is 17.0. The first kappa shape index (κ1) is 88.7. The van der Waals surface area contributed by atoms with Crippen molar-refractivity contribution in [3.05, 3.63) is 12.2 Å². The third-order valence-corrected chi connectivity index (χ3v) is 23.3. The molecule has 2 unspecified atom stereocenters. The number of hydrogen-bond acceptors (Lipinski definition) is 13. The standard InChI is InChI=1S/C75H119F7N12O13/c1-18-44(7)60-69(104)88(13)40-58(97)89(14)52-25-23-22-24-32-93(68(52)103)55(35-45-28-30-74(78,79)31-29-45)67(102)87(12)39-56(95)83-51(27-26-46-33-49(76)59(50(77)34-46)75(80,81)82)65(100)94-38-48(107-21-4)36-53(94)63(98)85-73(41-72(8,9)42-73)71(106)92(17)62(47(19-2)20-3)70(105)90(15)54(66(101)86(10)11)37-57(96)91(16)61(43(5)6)64(99)84-60/h22-23,43-55,59-62H,18-21,24-42H2,1-17H3,(H,83,95)(H,84,99)(H,85,98)/b23-22-/t44-,46?,48+,49?,50?,51-,52-,53-,54-,55-,59?,60-,61-,62-/m0/s1. The number of rotatable bonds is 14. The van der Waals surface area contributed by atoms with Gasteiger partial charge >= 0.3 is 6.18 Å². The second kappa shape index (κ2) is 37.0. The zero-order valence-corrected chi connectivity index (χ0v) is 65.7. The largest absolute Gasteiger partial charge is 0.397 e. The molecule has 3 N–H and O–H groups in total. The molecular formula is C75H119F7N12O13. The molecule has 2 bridgehead atoms. The molecule has 2 saturated heterocycles. The predicted octanol–water partition coefficient (Wildman–Crippen LogP) is 6.30. The molecule has 3 heterocycles. The van der Waals surface area contributed by atoms with Crippen molar-refractivity contribution in [1.29, 1.82) is 0 Å². The first-order valence-corrected chi connectivity index (χ1v) is 38.1. The van der Waals surface area contributed by atoms with E-state index in [1.54, 1.807) is 60.6 Å². The minimum Gasteiger partial charge on any atom is -0.377 e. The van der Waals surface area contributed by atoms with Gasteiger partial charge in [0, 0.05) is 95.3 Å². The fraction of sp³-hybridized carbons (Fsp3) is 0.813. The Labute approximate surface area is 626 Å². The van der Waals surface area contributed by atoms with E-state index in [1.807, 2.05) is 13.8 Å². The molecular weight excluding hydrogens is 1410 g/mol. The summed E-state index contributed by atoms with van der Waals surface area (Å²) >= 11 is 0. The third kappa shape index (κ3) is 21.5. The number of hydrogen-bond donors (Lipinski definition) is 3. The Balaban J connectivity index is 1.50. The van der Waals surface area contributed by atoms with Gasteiger partial charge < -0.3 is 64.8 Å². The van der Waals surface area contributed by atoms with E-state index in [0.717, 1.165) is 29.4 Å². The van der Waals surface area contributed by atoms with E-state index in [-0.39, 0.29) is 77.5 Å². The van der Waals surface area contributed by atoms with Crippen molar-refractivity contribution in [3.8, 4) is 0 Å². The van der Waals surface area contributed by atoms with E-state index >= 15 is 37.5 Å². The van der Waals surface area contributed by atoms with Gasteiger partial charge in [0.05, 0.1) is 25.6 Å². The molecule has 6 rings (SSSR count). The molecule has 12 atom stereocenters. The Bertz CT molecular complexity index is 3200. The number of halogens is 7. The monoisotopic (exact) mass is 1530 g/mol. The van der Waals surface area contributed by atoms with Crippen LogP contribution in [0, 0.1) is 40.9 Å². The SMILES string of the molecule is CCO[C@@H]1C[C@H]2C(=O)NC3(CC(C)(C)C3)C(=O)N(C)[C@@H](C(CC)CC)C(=O)N(C)[C@H](C(=O)N(C)C)CC(=O)N(C)[C@@H](C(C)C)C(=O)N[C@@H]([C@@H](C)CC)C(=O)N(C)CC(=O)N(C)[C@H]3C/C=C\CCN(C3=O)[C@@H](CC3CCC(F)(F)CC3)C(=O)N(C)CC(=O)N[C@@H](CCC3CC(F)C(C(F)(F)F)C(F)C3)C(=O)N2C1. The summed E-state index contributed by atoms with van der Waals surface area (Å²) in [5, 5.41) is 8.45. The molecule has 3 aliphatic heterocycles. The molecule has 107 heavy (non-hydrogen) atoms. The van der Waals surface area contributed by atoms with E-state index in [2.05, 4.69) is 16.0 Å². The molecule has 606 valence electrons. The van der Waals surface area contributed by atoms with E-state index in [4.69, 9.17) is 4.74 Å². The molecule has 6 aliphatic rings. The maximum atomic E-state index is 15.7. The number of carbonyl (C=O) groups is 12. The third-order valence-electron chi connectivity index (χ3n) is 23.3. The highest BCUT2D eigenvalue weighted by Gasteiger charge is 2.60. The summed E-state index contributed by atoms with van der Waals surface area (Å²) in [4.78, 5) is 191. The van der Waals surface area contributed by atoms with Gasteiger partial charge in [-0.05, 0) is 113 Å². The number of alkyl halides is 7. The van der Waals surface area contributed by atoms with E-state index in [1.165, 1.54) is 71.1 Å². The van der Waals surface area contributed by atoms with Crippen LogP contribution < -0.4 is 16.0 Å². The second-order valence-electron chi connectivity index (χ2n) is 32.4. The molecule has 5 fully saturated rings. The minimum atomic E-state index is -5.21. The van der Waals surface area contributed by atoms with Crippen LogP contribution in [0.25, 0.3) is 0 Å².